The molecule has 26 heavy (non-hydrogen) atoms. The molecule has 3 radical (unpaired) electrons. The molecule has 0 saturated heterocycles. The Hall–Kier alpha value is 0.789. The van der Waals surface area contributed by atoms with Gasteiger partial charge in [0, 0.05) is 50.3 Å². The molecule has 0 heterocycles. The SMILES string of the molecule is CCCCC(CC)C(=O)OO.CC[C-](C)OO.C[CH-]CC.OO.[Co].[Co].[Co]. The number of carbonyl (C=O) groups excluding carboxylic acids is 1. The largest absolute Gasteiger partial charge is 0.413 e. The van der Waals surface area contributed by atoms with Crippen LogP contribution in [0.5, 0.6) is 0 Å². The minimum absolute atomic E-state index is 0. The van der Waals surface area contributed by atoms with Gasteiger partial charge in [0.05, 0.1) is 5.92 Å². The van der Waals surface area contributed by atoms with E-state index in [9.17, 15) is 4.79 Å². The maximum absolute atomic E-state index is 10.8. The molecule has 0 amide bonds. The second kappa shape index (κ2) is 44.9. The summed E-state index contributed by atoms with van der Waals surface area (Å²) in [6, 6.07) is 0. The van der Waals surface area contributed by atoms with Gasteiger partial charge >= 0.3 is 5.97 Å². The Morgan fingerprint density at radius 1 is 1.08 bits per heavy atom. The molecule has 0 rings (SSSR count). The van der Waals surface area contributed by atoms with Crippen LogP contribution < -0.4 is 0 Å². The van der Waals surface area contributed by atoms with Gasteiger partial charge in [-0.1, -0.05) is 40.5 Å². The molecule has 0 aromatic rings. The summed E-state index contributed by atoms with van der Waals surface area (Å²) in [6.45, 7) is 11.8. The summed E-state index contributed by atoms with van der Waals surface area (Å²) in [5.41, 5.74) is 0. The van der Waals surface area contributed by atoms with Crippen LogP contribution in [0.4, 0.5) is 0 Å². The third-order valence-electron chi connectivity index (χ3n) is 2.88. The first-order valence-corrected chi connectivity index (χ1v) is 7.95. The number of unbranched alkanes of at least 4 members (excludes halogenated alkanes) is 2. The first kappa shape index (κ1) is 45.5. The van der Waals surface area contributed by atoms with E-state index in [2.05, 4.69) is 37.0 Å². The Labute approximate surface area is 190 Å². The smallest absolute Gasteiger partial charge is 0.345 e. The zero-order valence-electron chi connectivity index (χ0n) is 16.4. The first-order chi connectivity index (χ1) is 11.0. The van der Waals surface area contributed by atoms with Crippen LogP contribution in [0.1, 0.15) is 80.1 Å². The van der Waals surface area contributed by atoms with Gasteiger partial charge in [-0.3, -0.25) is 15.8 Å². The predicted molar refractivity (Wildman–Crippen MR) is 90.5 cm³/mol. The third kappa shape index (κ3) is 44.3. The van der Waals surface area contributed by atoms with Crippen molar-refractivity contribution in [2.24, 2.45) is 5.92 Å². The molecule has 171 valence electrons. The molecule has 0 spiro atoms. The van der Waals surface area contributed by atoms with Gasteiger partial charge in [-0.15, -0.1) is 0 Å². The van der Waals surface area contributed by atoms with Crippen LogP contribution >= 0.6 is 0 Å². The first-order valence-electron chi connectivity index (χ1n) is 7.95. The zero-order valence-corrected chi connectivity index (χ0v) is 19.5. The van der Waals surface area contributed by atoms with E-state index < -0.39 is 5.97 Å². The van der Waals surface area contributed by atoms with Crippen molar-refractivity contribution in [2.45, 2.75) is 80.1 Å². The standard InChI is InChI=1S/C8H16O3.C4H9O2.C4H9.3Co.H2O2/c1-3-5-6-7(4-2)8(9)11-10;1-3-4(2)6-5;1-3-4-2;;;;1-2/h7,10H,3-6H2,1-2H3;5H,3H2,1-2H3;3H,4H2,1-2H3;;;;1-2H/q;2*-1;;;;. The molecule has 0 aliphatic rings. The Morgan fingerprint density at radius 2 is 1.50 bits per heavy atom. The maximum Gasteiger partial charge on any atom is 0.345 e. The summed E-state index contributed by atoms with van der Waals surface area (Å²) in [5.74, 6) is -0.624. The maximum atomic E-state index is 10.8. The Balaban J connectivity index is -0.0000000416. The topological polar surface area (TPSA) is 116 Å². The van der Waals surface area contributed by atoms with Gasteiger partial charge in [-0.2, -0.15) is 38.1 Å². The fourth-order valence-corrected chi connectivity index (χ4v) is 1.08. The summed E-state index contributed by atoms with van der Waals surface area (Å²) in [4.78, 5) is 18.3. The molecule has 0 bridgehead atoms. The Morgan fingerprint density at radius 3 is 1.65 bits per heavy atom. The average Bonchev–Trinajstić information content (AvgIpc) is 2.63. The molecular formula is C16H36Co3O7-2. The van der Waals surface area contributed by atoms with Crippen LogP contribution in [0, 0.1) is 18.4 Å². The van der Waals surface area contributed by atoms with Crippen molar-refractivity contribution in [3.05, 3.63) is 12.5 Å². The zero-order chi connectivity index (χ0) is 19.1. The van der Waals surface area contributed by atoms with E-state index in [0.29, 0.717) is 6.10 Å². The molecule has 0 aliphatic heterocycles. The van der Waals surface area contributed by atoms with Crippen LogP contribution in [0.15, 0.2) is 0 Å². The summed E-state index contributed by atoms with van der Waals surface area (Å²) in [5, 5.41) is 27.9. The summed E-state index contributed by atoms with van der Waals surface area (Å²) < 4.78 is 0. The molecule has 7 nitrogen and oxygen atoms in total. The van der Waals surface area contributed by atoms with E-state index in [1.807, 2.05) is 13.8 Å². The molecule has 1 unspecified atom stereocenters. The van der Waals surface area contributed by atoms with E-state index in [1.165, 1.54) is 6.42 Å². The van der Waals surface area contributed by atoms with Crippen molar-refractivity contribution in [1.29, 1.82) is 0 Å². The van der Waals surface area contributed by atoms with Gasteiger partial charge in [0.2, 0.25) is 0 Å². The van der Waals surface area contributed by atoms with Crippen LogP contribution in [-0.2, 0) is 64.9 Å². The number of carbonyl (C=O) groups is 1. The van der Waals surface area contributed by atoms with Gasteiger partial charge in [0.25, 0.3) is 0 Å². The van der Waals surface area contributed by atoms with Gasteiger partial charge in [0.1, 0.15) is 0 Å². The summed E-state index contributed by atoms with van der Waals surface area (Å²) in [6.07, 6.45) is 8.36. The van der Waals surface area contributed by atoms with Crippen LogP contribution in [0.3, 0.4) is 0 Å². The molecule has 0 fully saturated rings. The number of rotatable bonds is 8. The van der Waals surface area contributed by atoms with Crippen molar-refractivity contribution in [1.82, 2.24) is 0 Å². The molecule has 1 atom stereocenters. The summed E-state index contributed by atoms with van der Waals surface area (Å²) in [7, 11) is 0. The van der Waals surface area contributed by atoms with Gasteiger partial charge in [-0.25, -0.2) is 4.79 Å². The van der Waals surface area contributed by atoms with Gasteiger partial charge < -0.3 is 16.2 Å². The Kier molecular flexibility index (Phi) is 78.6. The van der Waals surface area contributed by atoms with Gasteiger partial charge in [-0.05, 0) is 12.8 Å². The predicted octanol–water partition coefficient (Wildman–Crippen LogP) is 5.29. The second-order valence-corrected chi connectivity index (χ2v) is 4.62. The second-order valence-electron chi connectivity index (χ2n) is 4.62. The van der Waals surface area contributed by atoms with E-state index in [-0.39, 0.29) is 56.3 Å². The number of hydrogen-bond acceptors (Lipinski definition) is 7. The summed E-state index contributed by atoms with van der Waals surface area (Å²) >= 11 is 0. The third-order valence-corrected chi connectivity index (χ3v) is 2.88. The van der Waals surface area contributed by atoms with Crippen molar-refractivity contribution in [2.75, 3.05) is 0 Å². The van der Waals surface area contributed by atoms with Crippen molar-refractivity contribution >= 4 is 5.97 Å². The molecule has 4 N–H and O–H groups in total. The van der Waals surface area contributed by atoms with E-state index in [1.54, 1.807) is 6.92 Å². The molecule has 0 aliphatic carbocycles. The molecular weight excluding hydrogens is 481 g/mol. The average molecular weight is 517 g/mol. The van der Waals surface area contributed by atoms with Crippen LogP contribution in [0.2, 0.25) is 0 Å². The molecule has 0 aromatic heterocycles. The number of hydrogen-bond donors (Lipinski definition) is 4. The van der Waals surface area contributed by atoms with E-state index in [0.717, 1.165) is 32.1 Å². The fourth-order valence-electron chi connectivity index (χ4n) is 1.08. The molecule has 10 heteroatoms. The molecule has 0 aromatic carbocycles. The Bertz CT molecular complexity index is 208. The van der Waals surface area contributed by atoms with Crippen molar-refractivity contribution in [3.8, 4) is 0 Å². The van der Waals surface area contributed by atoms with Gasteiger partial charge in [0.15, 0.2) is 0 Å². The fraction of sp³-hybridized carbons (Fsp3) is 0.812. The van der Waals surface area contributed by atoms with Crippen LogP contribution in [0.25, 0.3) is 0 Å². The van der Waals surface area contributed by atoms with E-state index in [4.69, 9.17) is 21.0 Å². The van der Waals surface area contributed by atoms with E-state index >= 15 is 0 Å². The quantitative estimate of drug-likeness (QED) is 0.197. The van der Waals surface area contributed by atoms with Crippen molar-refractivity contribution < 1.29 is 85.9 Å². The monoisotopic (exact) mass is 517 g/mol. The van der Waals surface area contributed by atoms with Crippen LogP contribution in [-0.4, -0.2) is 27.0 Å². The molecule has 0 saturated carbocycles. The van der Waals surface area contributed by atoms with Crippen molar-refractivity contribution in [3.63, 3.8) is 0 Å². The minimum Gasteiger partial charge on any atom is -0.413 e. The minimum atomic E-state index is -0.499. The normalized spacial score (nSPS) is 9.04.